The van der Waals surface area contributed by atoms with Crippen LogP contribution in [0.15, 0.2) is 23.8 Å². The lowest BCUT2D eigenvalue weighted by molar-refractivity contribution is 0.0787. The van der Waals surface area contributed by atoms with Gasteiger partial charge in [-0.1, -0.05) is 50.5 Å². The summed E-state index contributed by atoms with van der Waals surface area (Å²) in [7, 11) is 0. The molecule has 0 aromatic rings. The van der Waals surface area contributed by atoms with Gasteiger partial charge in [-0.3, -0.25) is 0 Å². The third-order valence-corrected chi connectivity index (χ3v) is 2.53. The van der Waals surface area contributed by atoms with Crippen molar-refractivity contribution >= 4 is 0 Å². The summed E-state index contributed by atoms with van der Waals surface area (Å²) in [5.74, 6) is 0. The van der Waals surface area contributed by atoms with E-state index in [2.05, 4.69) is 19.9 Å². The van der Waals surface area contributed by atoms with Crippen LogP contribution in [0, 0.1) is 0 Å². The topological polar surface area (TPSA) is 20.2 Å². The molecule has 1 heteroatoms. The van der Waals surface area contributed by atoms with Crippen LogP contribution in [0.2, 0.25) is 0 Å². The third-order valence-electron chi connectivity index (χ3n) is 2.53. The van der Waals surface area contributed by atoms with E-state index in [0.717, 1.165) is 25.7 Å². The monoisotopic (exact) mass is 180 g/mol. The molecule has 0 bridgehead atoms. The predicted octanol–water partition coefficient (Wildman–Crippen LogP) is 3.20. The highest BCUT2D eigenvalue weighted by atomic mass is 16.3. The minimum absolute atomic E-state index is 0.548. The molecule has 0 saturated heterocycles. The van der Waals surface area contributed by atoms with Gasteiger partial charge >= 0.3 is 0 Å². The van der Waals surface area contributed by atoms with Crippen LogP contribution in [0.1, 0.15) is 46.0 Å². The summed E-state index contributed by atoms with van der Waals surface area (Å²) in [4.78, 5) is 0. The lowest BCUT2D eigenvalue weighted by Gasteiger charge is -2.28. The molecule has 0 saturated carbocycles. The molecule has 0 amide bonds. The molecule has 1 unspecified atom stereocenters. The number of aliphatic hydroxyl groups is 1. The van der Waals surface area contributed by atoms with Gasteiger partial charge in [0.2, 0.25) is 0 Å². The number of allylic oxidation sites excluding steroid dienone is 2. The summed E-state index contributed by atoms with van der Waals surface area (Å²) in [6.07, 6.45) is 11.1. The Morgan fingerprint density at radius 2 is 2.15 bits per heavy atom. The van der Waals surface area contributed by atoms with E-state index < -0.39 is 5.60 Å². The van der Waals surface area contributed by atoms with E-state index in [1.807, 2.05) is 12.2 Å². The Hall–Kier alpha value is -0.560. The molecule has 1 aliphatic carbocycles. The minimum atomic E-state index is -0.548. The van der Waals surface area contributed by atoms with Gasteiger partial charge in [-0.2, -0.15) is 0 Å². The van der Waals surface area contributed by atoms with Gasteiger partial charge in [0.15, 0.2) is 0 Å². The first-order chi connectivity index (χ1) is 6.20. The van der Waals surface area contributed by atoms with E-state index in [1.54, 1.807) is 0 Å². The first-order valence-electron chi connectivity index (χ1n) is 5.30. The average molecular weight is 180 g/mol. The molecule has 0 aromatic heterocycles. The van der Waals surface area contributed by atoms with E-state index in [4.69, 9.17) is 0 Å². The Morgan fingerprint density at radius 3 is 2.77 bits per heavy atom. The Bertz CT molecular complexity index is 215. The van der Waals surface area contributed by atoms with Crippen molar-refractivity contribution in [3.63, 3.8) is 0 Å². The van der Waals surface area contributed by atoms with Gasteiger partial charge in [0.05, 0.1) is 5.60 Å². The first-order valence-corrected chi connectivity index (χ1v) is 5.30. The standard InChI is InChI=1S/C12H20O/c1-3-6-11-7-5-9-12(13,10-11)8-4-2/h5,7,9,13H,3-4,6,8,10H2,1-2H3. The quantitative estimate of drug-likeness (QED) is 0.704. The fraction of sp³-hybridized carbons (Fsp3) is 0.667. The molecule has 13 heavy (non-hydrogen) atoms. The molecule has 74 valence electrons. The van der Waals surface area contributed by atoms with E-state index >= 15 is 0 Å². The Labute approximate surface area is 81.2 Å². The van der Waals surface area contributed by atoms with Crippen LogP contribution in [-0.2, 0) is 0 Å². The average Bonchev–Trinajstić information content (AvgIpc) is 2.04. The van der Waals surface area contributed by atoms with Crippen molar-refractivity contribution in [2.45, 2.75) is 51.6 Å². The molecular formula is C12H20O. The summed E-state index contributed by atoms with van der Waals surface area (Å²) in [5.41, 5.74) is 0.842. The smallest absolute Gasteiger partial charge is 0.0867 e. The summed E-state index contributed by atoms with van der Waals surface area (Å²) in [6, 6.07) is 0. The molecule has 0 heterocycles. The molecule has 0 spiro atoms. The van der Waals surface area contributed by atoms with E-state index in [1.165, 1.54) is 12.0 Å². The lowest BCUT2D eigenvalue weighted by atomic mass is 9.85. The largest absolute Gasteiger partial charge is 0.385 e. The van der Waals surface area contributed by atoms with Crippen LogP contribution >= 0.6 is 0 Å². The van der Waals surface area contributed by atoms with Crippen molar-refractivity contribution in [3.05, 3.63) is 23.8 Å². The highest BCUT2D eigenvalue weighted by molar-refractivity contribution is 5.25. The number of hydrogen-bond donors (Lipinski definition) is 1. The second-order valence-corrected chi connectivity index (χ2v) is 3.96. The van der Waals surface area contributed by atoms with E-state index in [-0.39, 0.29) is 0 Å². The van der Waals surface area contributed by atoms with Gasteiger partial charge in [0.1, 0.15) is 0 Å². The highest BCUT2D eigenvalue weighted by Gasteiger charge is 2.25. The summed E-state index contributed by atoms with van der Waals surface area (Å²) in [5, 5.41) is 10.1. The maximum atomic E-state index is 10.1. The SMILES string of the molecule is CCCC1=CC=CC(O)(CCC)C1. The number of hydrogen-bond acceptors (Lipinski definition) is 1. The molecular weight excluding hydrogens is 160 g/mol. The second-order valence-electron chi connectivity index (χ2n) is 3.96. The molecule has 0 fully saturated rings. The summed E-state index contributed by atoms with van der Waals surface area (Å²) < 4.78 is 0. The Balaban J connectivity index is 2.57. The zero-order chi connectivity index (χ0) is 9.73. The highest BCUT2D eigenvalue weighted by Crippen LogP contribution is 2.29. The van der Waals surface area contributed by atoms with Crippen LogP contribution in [0.5, 0.6) is 0 Å². The van der Waals surface area contributed by atoms with Gasteiger partial charge < -0.3 is 5.11 Å². The van der Waals surface area contributed by atoms with Crippen molar-refractivity contribution in [1.82, 2.24) is 0 Å². The summed E-state index contributed by atoms with van der Waals surface area (Å²) in [6.45, 7) is 4.29. The minimum Gasteiger partial charge on any atom is -0.385 e. The molecule has 0 aliphatic heterocycles. The van der Waals surface area contributed by atoms with Crippen molar-refractivity contribution in [2.75, 3.05) is 0 Å². The van der Waals surface area contributed by atoms with Gasteiger partial charge in [0.25, 0.3) is 0 Å². The maximum absolute atomic E-state index is 10.1. The first kappa shape index (κ1) is 10.5. The van der Waals surface area contributed by atoms with Crippen LogP contribution < -0.4 is 0 Å². The van der Waals surface area contributed by atoms with Crippen LogP contribution in [0.3, 0.4) is 0 Å². The van der Waals surface area contributed by atoms with Crippen molar-refractivity contribution < 1.29 is 5.11 Å². The maximum Gasteiger partial charge on any atom is 0.0867 e. The molecule has 1 nitrogen and oxygen atoms in total. The Morgan fingerprint density at radius 1 is 1.38 bits per heavy atom. The second kappa shape index (κ2) is 4.61. The fourth-order valence-corrected chi connectivity index (χ4v) is 1.97. The zero-order valence-corrected chi connectivity index (χ0v) is 8.71. The normalized spacial score (nSPS) is 27.5. The van der Waals surface area contributed by atoms with Gasteiger partial charge in [-0.15, -0.1) is 0 Å². The lowest BCUT2D eigenvalue weighted by Crippen LogP contribution is -2.27. The van der Waals surface area contributed by atoms with Crippen molar-refractivity contribution in [3.8, 4) is 0 Å². The van der Waals surface area contributed by atoms with Crippen LogP contribution in [0.25, 0.3) is 0 Å². The van der Waals surface area contributed by atoms with Gasteiger partial charge in [-0.25, -0.2) is 0 Å². The van der Waals surface area contributed by atoms with E-state index in [0.29, 0.717) is 0 Å². The molecule has 1 aliphatic rings. The predicted molar refractivity (Wildman–Crippen MR) is 56.6 cm³/mol. The summed E-state index contributed by atoms with van der Waals surface area (Å²) >= 11 is 0. The number of rotatable bonds is 4. The van der Waals surface area contributed by atoms with E-state index in [9.17, 15) is 5.11 Å². The van der Waals surface area contributed by atoms with Crippen molar-refractivity contribution in [1.29, 1.82) is 0 Å². The van der Waals surface area contributed by atoms with Crippen molar-refractivity contribution in [2.24, 2.45) is 0 Å². The Kier molecular flexibility index (Phi) is 3.73. The fourth-order valence-electron chi connectivity index (χ4n) is 1.97. The van der Waals surface area contributed by atoms with Crippen LogP contribution in [0.4, 0.5) is 0 Å². The molecule has 1 rings (SSSR count). The zero-order valence-electron chi connectivity index (χ0n) is 8.71. The van der Waals surface area contributed by atoms with Gasteiger partial charge in [0, 0.05) is 6.42 Å². The molecule has 0 aromatic carbocycles. The molecule has 0 radical (unpaired) electrons. The van der Waals surface area contributed by atoms with Gasteiger partial charge in [-0.05, 0) is 12.8 Å². The third kappa shape index (κ3) is 3.00. The molecule has 1 atom stereocenters. The molecule has 1 N–H and O–H groups in total. The van der Waals surface area contributed by atoms with Crippen LogP contribution in [-0.4, -0.2) is 10.7 Å².